The van der Waals surface area contributed by atoms with Crippen LogP contribution in [0.2, 0.25) is 0 Å². The number of carbonyl (C=O) groups excluding carboxylic acids is 1. The summed E-state index contributed by atoms with van der Waals surface area (Å²) in [7, 11) is 0. The van der Waals surface area contributed by atoms with Crippen LogP contribution in [-0.4, -0.2) is 26.4 Å². The lowest BCUT2D eigenvalue weighted by molar-refractivity contribution is -0.118. The third-order valence-corrected chi connectivity index (χ3v) is 5.87. The molecule has 0 unspecified atom stereocenters. The predicted molar refractivity (Wildman–Crippen MR) is 102 cm³/mol. The molecule has 3 heterocycles. The first-order valence-electron chi connectivity index (χ1n) is 8.41. The zero-order valence-corrected chi connectivity index (χ0v) is 15.7. The van der Waals surface area contributed by atoms with Gasteiger partial charge in [0.25, 0.3) is 0 Å². The highest BCUT2D eigenvalue weighted by Crippen LogP contribution is 2.39. The molecular formula is C19H19N5OS. The van der Waals surface area contributed by atoms with Gasteiger partial charge >= 0.3 is 0 Å². The fourth-order valence-electron chi connectivity index (χ4n) is 3.31. The number of hydrogen-bond donors (Lipinski definition) is 1. The average Bonchev–Trinajstić information content (AvgIpc) is 3.08. The van der Waals surface area contributed by atoms with E-state index in [4.69, 9.17) is 10.7 Å². The molecule has 1 atom stereocenters. The van der Waals surface area contributed by atoms with Gasteiger partial charge < -0.3 is 5.73 Å². The molecule has 4 rings (SSSR count). The quantitative estimate of drug-likeness (QED) is 0.774. The van der Waals surface area contributed by atoms with Crippen LogP contribution in [0.15, 0.2) is 35.3 Å². The smallest absolute Gasteiger partial charge is 0.220 e. The Morgan fingerprint density at radius 3 is 2.62 bits per heavy atom. The molecule has 1 aliphatic heterocycles. The lowest BCUT2D eigenvalue weighted by atomic mass is 10.00. The maximum atomic E-state index is 11.7. The molecule has 0 saturated carbocycles. The first-order chi connectivity index (χ1) is 12.5. The van der Waals surface area contributed by atoms with Crippen molar-refractivity contribution in [2.45, 2.75) is 33.2 Å². The van der Waals surface area contributed by atoms with Gasteiger partial charge in [0.1, 0.15) is 16.9 Å². The summed E-state index contributed by atoms with van der Waals surface area (Å²) < 4.78 is 2.02. The van der Waals surface area contributed by atoms with Gasteiger partial charge in [-0.25, -0.2) is 0 Å². The lowest BCUT2D eigenvalue weighted by Crippen LogP contribution is -2.17. The van der Waals surface area contributed by atoms with Crippen LogP contribution in [0.25, 0.3) is 5.00 Å². The molecule has 2 N–H and O–H groups in total. The SMILES string of the molecule is Cc1sc2c(c1C)C(c1ccccc1)=N[C@@H](CC(N)=O)c1nnc(C)n1-2. The van der Waals surface area contributed by atoms with Gasteiger partial charge in [-0.3, -0.25) is 14.4 Å². The van der Waals surface area contributed by atoms with Gasteiger partial charge in [-0.15, -0.1) is 21.5 Å². The monoisotopic (exact) mass is 365 g/mol. The van der Waals surface area contributed by atoms with E-state index in [0.717, 1.165) is 27.7 Å². The van der Waals surface area contributed by atoms with Crippen LogP contribution in [0.1, 0.15) is 45.7 Å². The number of aliphatic imine (C=N–C) groups is 1. The van der Waals surface area contributed by atoms with E-state index < -0.39 is 11.9 Å². The number of benzene rings is 1. The zero-order chi connectivity index (χ0) is 18.4. The Hall–Kier alpha value is -2.80. The van der Waals surface area contributed by atoms with Crippen molar-refractivity contribution >= 4 is 23.0 Å². The molecule has 6 nitrogen and oxygen atoms in total. The second kappa shape index (κ2) is 6.17. The Morgan fingerprint density at radius 2 is 1.92 bits per heavy atom. The van der Waals surface area contributed by atoms with Crippen LogP contribution in [0.5, 0.6) is 0 Å². The predicted octanol–water partition coefficient (Wildman–Crippen LogP) is 3.02. The van der Waals surface area contributed by atoms with Crippen LogP contribution in [-0.2, 0) is 4.79 Å². The molecule has 0 spiro atoms. The van der Waals surface area contributed by atoms with E-state index in [2.05, 4.69) is 24.0 Å². The van der Waals surface area contributed by atoms with Gasteiger partial charge in [-0.2, -0.15) is 0 Å². The number of amides is 1. The maximum Gasteiger partial charge on any atom is 0.220 e. The van der Waals surface area contributed by atoms with E-state index in [1.54, 1.807) is 11.3 Å². The van der Waals surface area contributed by atoms with Crippen molar-refractivity contribution in [1.82, 2.24) is 14.8 Å². The zero-order valence-electron chi connectivity index (χ0n) is 14.9. The van der Waals surface area contributed by atoms with Crippen LogP contribution >= 0.6 is 11.3 Å². The molecule has 1 amide bonds. The van der Waals surface area contributed by atoms with Gasteiger partial charge in [0.2, 0.25) is 5.91 Å². The lowest BCUT2D eigenvalue weighted by Gasteiger charge is -2.10. The number of primary amides is 1. The molecule has 7 heteroatoms. The largest absolute Gasteiger partial charge is 0.370 e. The Bertz CT molecular complexity index is 1030. The van der Waals surface area contributed by atoms with Crippen molar-refractivity contribution in [1.29, 1.82) is 0 Å². The summed E-state index contributed by atoms with van der Waals surface area (Å²) in [5.41, 5.74) is 9.65. The fraction of sp³-hybridized carbons (Fsp3) is 0.263. The van der Waals surface area contributed by atoms with Crippen LogP contribution in [0.4, 0.5) is 0 Å². The summed E-state index contributed by atoms with van der Waals surface area (Å²) >= 11 is 1.70. The molecule has 1 aliphatic rings. The third-order valence-electron chi connectivity index (χ3n) is 4.68. The summed E-state index contributed by atoms with van der Waals surface area (Å²) in [5.74, 6) is 1.03. The molecule has 2 aromatic heterocycles. The number of aromatic nitrogens is 3. The van der Waals surface area contributed by atoms with E-state index in [1.807, 2.05) is 41.8 Å². The minimum atomic E-state index is -0.455. The summed E-state index contributed by atoms with van der Waals surface area (Å²) in [5, 5.41) is 9.60. The molecule has 0 bridgehead atoms. The average molecular weight is 365 g/mol. The number of nitrogens with zero attached hydrogens (tertiary/aromatic N) is 4. The van der Waals surface area contributed by atoms with Gasteiger partial charge in [0, 0.05) is 16.0 Å². The first kappa shape index (κ1) is 16.7. The number of fused-ring (bicyclic) bond motifs is 3. The number of hydrogen-bond acceptors (Lipinski definition) is 5. The van der Waals surface area contributed by atoms with Crippen molar-refractivity contribution in [3.63, 3.8) is 0 Å². The molecule has 3 aromatic rings. The molecule has 0 fully saturated rings. The summed E-state index contributed by atoms with van der Waals surface area (Å²) in [6.45, 7) is 6.13. The number of aryl methyl sites for hydroxylation is 2. The number of nitrogens with two attached hydrogens (primary N) is 1. The van der Waals surface area contributed by atoms with E-state index in [0.29, 0.717) is 5.82 Å². The van der Waals surface area contributed by atoms with E-state index in [1.165, 1.54) is 10.4 Å². The standard InChI is InChI=1S/C19H19N5OS/c1-10-11(2)26-19-16(10)17(13-7-5-4-6-8-13)21-14(9-15(20)25)18-23-22-12(3)24(18)19/h4-8,14H,9H2,1-3H3,(H2,20,25)/t14-/m0/s1. The van der Waals surface area contributed by atoms with E-state index in [-0.39, 0.29) is 6.42 Å². The van der Waals surface area contributed by atoms with E-state index >= 15 is 0 Å². The summed E-state index contributed by atoms with van der Waals surface area (Å²) in [6, 6.07) is 9.58. The van der Waals surface area contributed by atoms with Crippen LogP contribution in [0.3, 0.4) is 0 Å². The van der Waals surface area contributed by atoms with Crippen LogP contribution in [0, 0.1) is 20.8 Å². The van der Waals surface area contributed by atoms with Gasteiger partial charge in [-0.05, 0) is 26.3 Å². The molecule has 132 valence electrons. The van der Waals surface area contributed by atoms with Crippen molar-refractivity contribution in [2.75, 3.05) is 0 Å². The number of carbonyl (C=O) groups is 1. The Balaban J connectivity index is 2.05. The van der Waals surface area contributed by atoms with Crippen LogP contribution < -0.4 is 5.73 Å². The summed E-state index contributed by atoms with van der Waals surface area (Å²) in [6.07, 6.45) is 0.0986. The normalized spacial score (nSPS) is 15.8. The molecular weight excluding hydrogens is 346 g/mol. The number of rotatable bonds is 3. The second-order valence-electron chi connectivity index (χ2n) is 6.43. The molecule has 0 aliphatic carbocycles. The first-order valence-corrected chi connectivity index (χ1v) is 9.23. The van der Waals surface area contributed by atoms with Crippen molar-refractivity contribution in [3.05, 3.63) is 63.5 Å². The van der Waals surface area contributed by atoms with Gasteiger partial charge in [-0.1, -0.05) is 30.3 Å². The molecule has 0 radical (unpaired) electrons. The second-order valence-corrected chi connectivity index (χ2v) is 7.64. The topological polar surface area (TPSA) is 86.2 Å². The number of thiophene rings is 1. The van der Waals surface area contributed by atoms with Gasteiger partial charge in [0.15, 0.2) is 5.82 Å². The molecule has 0 saturated heterocycles. The minimum Gasteiger partial charge on any atom is -0.370 e. The van der Waals surface area contributed by atoms with Crippen molar-refractivity contribution in [3.8, 4) is 5.00 Å². The Kier molecular flexibility index (Phi) is 3.96. The maximum absolute atomic E-state index is 11.7. The fourth-order valence-corrected chi connectivity index (χ4v) is 4.53. The Morgan fingerprint density at radius 1 is 1.19 bits per heavy atom. The minimum absolute atomic E-state index is 0.0986. The van der Waals surface area contributed by atoms with Crippen molar-refractivity contribution < 1.29 is 4.79 Å². The highest BCUT2D eigenvalue weighted by Gasteiger charge is 2.31. The van der Waals surface area contributed by atoms with E-state index in [9.17, 15) is 4.79 Å². The van der Waals surface area contributed by atoms with Gasteiger partial charge in [0.05, 0.1) is 12.1 Å². The Labute approximate surface area is 155 Å². The van der Waals surface area contributed by atoms with Crippen molar-refractivity contribution in [2.24, 2.45) is 10.7 Å². The highest BCUT2D eigenvalue weighted by atomic mass is 32.1. The highest BCUT2D eigenvalue weighted by molar-refractivity contribution is 7.15. The molecule has 26 heavy (non-hydrogen) atoms. The summed E-state index contributed by atoms with van der Waals surface area (Å²) in [4.78, 5) is 17.9. The molecule has 1 aromatic carbocycles. The third kappa shape index (κ3) is 2.55.